The molecule has 30 heavy (non-hydrogen) atoms. The van der Waals surface area contributed by atoms with Gasteiger partial charge in [0.05, 0.1) is 11.3 Å². The second-order valence-electron chi connectivity index (χ2n) is 7.09. The number of hydrogen-bond acceptors (Lipinski definition) is 5. The maximum atomic E-state index is 14.7. The van der Waals surface area contributed by atoms with Crippen LogP contribution in [0.15, 0.2) is 40.9 Å². The number of pyridine rings is 1. The highest BCUT2D eigenvalue weighted by Crippen LogP contribution is 2.35. The minimum Gasteiger partial charge on any atom is -0.436 e. The summed E-state index contributed by atoms with van der Waals surface area (Å²) >= 11 is 0. The Kier molecular flexibility index (Phi) is 5.16. The Balaban J connectivity index is 1.60. The van der Waals surface area contributed by atoms with Crippen LogP contribution >= 0.6 is 0 Å². The van der Waals surface area contributed by atoms with Crippen LogP contribution in [0, 0.1) is 5.82 Å². The van der Waals surface area contributed by atoms with Crippen LogP contribution in [-0.2, 0) is 16.2 Å². The van der Waals surface area contributed by atoms with Gasteiger partial charge in [-0.25, -0.2) is 17.8 Å². The zero-order valence-electron chi connectivity index (χ0n) is 15.6. The van der Waals surface area contributed by atoms with E-state index in [-0.39, 0.29) is 23.3 Å². The lowest BCUT2D eigenvalue weighted by molar-refractivity contribution is -0.137. The van der Waals surface area contributed by atoms with Crippen LogP contribution in [0.25, 0.3) is 0 Å². The maximum absolute atomic E-state index is 14.7. The molecule has 4 rings (SSSR count). The molecule has 1 saturated heterocycles. The number of fused-ring (bicyclic) bond motifs is 1. The van der Waals surface area contributed by atoms with Gasteiger partial charge in [-0.05, 0) is 36.6 Å². The highest BCUT2D eigenvalue weighted by Gasteiger charge is 2.34. The number of halogens is 4. The standard InChI is InChI=1S/C19H17F4N3O3S/c20-15-10-12(14-2-1-7-26-8-9-30(27,28)25-18(14)26)3-4-16(15)29-17-11-13(5-6-24-17)19(21,22)23/h3-6,10-11,14H,1-2,7-9H2. The Bertz CT molecular complexity index is 1100. The second kappa shape index (κ2) is 7.53. The van der Waals surface area contributed by atoms with E-state index in [9.17, 15) is 26.0 Å². The van der Waals surface area contributed by atoms with E-state index in [1.54, 1.807) is 6.07 Å². The topological polar surface area (TPSA) is 71.9 Å². The van der Waals surface area contributed by atoms with Crippen molar-refractivity contribution in [2.24, 2.45) is 4.40 Å². The van der Waals surface area contributed by atoms with Crippen molar-refractivity contribution in [3.63, 3.8) is 0 Å². The molecule has 6 nitrogen and oxygen atoms in total. The van der Waals surface area contributed by atoms with E-state index in [1.165, 1.54) is 12.1 Å². The quantitative estimate of drug-likeness (QED) is 0.672. The number of piperidine rings is 1. The first-order valence-corrected chi connectivity index (χ1v) is 10.8. The van der Waals surface area contributed by atoms with Gasteiger partial charge in [-0.2, -0.15) is 13.2 Å². The minimum atomic E-state index is -4.57. The normalized spacial score (nSPS) is 21.0. The van der Waals surface area contributed by atoms with E-state index in [2.05, 4.69) is 9.38 Å². The van der Waals surface area contributed by atoms with Crippen LogP contribution in [0.5, 0.6) is 11.6 Å². The lowest BCUT2D eigenvalue weighted by Crippen LogP contribution is -2.46. The summed E-state index contributed by atoms with van der Waals surface area (Å²) in [5, 5.41) is 0. The first-order chi connectivity index (χ1) is 14.1. The van der Waals surface area contributed by atoms with Crippen molar-refractivity contribution in [1.29, 1.82) is 0 Å². The van der Waals surface area contributed by atoms with Gasteiger partial charge in [0.25, 0.3) is 10.0 Å². The molecule has 1 atom stereocenters. The summed E-state index contributed by atoms with van der Waals surface area (Å²) < 4.78 is 86.0. The van der Waals surface area contributed by atoms with Crippen LogP contribution in [0.4, 0.5) is 17.6 Å². The van der Waals surface area contributed by atoms with E-state index in [0.717, 1.165) is 18.7 Å². The summed E-state index contributed by atoms with van der Waals surface area (Å²) in [6.45, 7) is 1.04. The summed E-state index contributed by atoms with van der Waals surface area (Å²) in [6, 6.07) is 5.53. The van der Waals surface area contributed by atoms with Gasteiger partial charge >= 0.3 is 6.18 Å². The Morgan fingerprint density at radius 1 is 1.13 bits per heavy atom. The predicted octanol–water partition coefficient (Wildman–Crippen LogP) is 3.95. The number of alkyl halides is 3. The molecule has 1 aromatic carbocycles. The molecule has 3 heterocycles. The molecule has 0 spiro atoms. The van der Waals surface area contributed by atoms with Gasteiger partial charge < -0.3 is 9.64 Å². The molecule has 0 saturated carbocycles. The number of hydrogen-bond donors (Lipinski definition) is 0. The third-order valence-electron chi connectivity index (χ3n) is 5.04. The molecule has 0 radical (unpaired) electrons. The van der Waals surface area contributed by atoms with Gasteiger partial charge in [-0.1, -0.05) is 6.07 Å². The van der Waals surface area contributed by atoms with Crippen molar-refractivity contribution >= 4 is 15.9 Å². The average Bonchev–Trinajstić information content (AvgIpc) is 2.68. The molecule has 11 heteroatoms. The summed E-state index contributed by atoms with van der Waals surface area (Å²) in [6.07, 6.45) is -2.22. The van der Waals surface area contributed by atoms with Gasteiger partial charge in [-0.15, -0.1) is 4.40 Å². The van der Waals surface area contributed by atoms with E-state index in [4.69, 9.17) is 4.74 Å². The third-order valence-corrected chi connectivity index (χ3v) is 6.21. The fourth-order valence-corrected chi connectivity index (χ4v) is 4.67. The summed E-state index contributed by atoms with van der Waals surface area (Å²) in [4.78, 5) is 5.58. The first-order valence-electron chi connectivity index (χ1n) is 9.20. The maximum Gasteiger partial charge on any atom is 0.416 e. The zero-order valence-corrected chi connectivity index (χ0v) is 16.4. The molecule has 160 valence electrons. The van der Waals surface area contributed by atoms with E-state index >= 15 is 0 Å². The van der Waals surface area contributed by atoms with Gasteiger partial charge in [0.15, 0.2) is 11.6 Å². The Morgan fingerprint density at radius 2 is 1.93 bits per heavy atom. The van der Waals surface area contributed by atoms with Crippen LogP contribution < -0.4 is 4.74 Å². The highest BCUT2D eigenvalue weighted by atomic mass is 32.2. The molecule has 0 aliphatic carbocycles. The molecule has 0 N–H and O–H groups in total. The van der Waals surface area contributed by atoms with Crippen LogP contribution in [0.2, 0.25) is 0 Å². The lowest BCUT2D eigenvalue weighted by Gasteiger charge is -2.37. The number of amidine groups is 1. The SMILES string of the molecule is O=S1(=O)CCN2CCCC(c3ccc(Oc4cc(C(F)(F)F)ccn4)c(F)c3)C2=N1. The molecule has 1 unspecified atom stereocenters. The van der Waals surface area contributed by atoms with Crippen LogP contribution in [0.3, 0.4) is 0 Å². The van der Waals surface area contributed by atoms with Crippen molar-refractivity contribution in [3.05, 3.63) is 53.5 Å². The van der Waals surface area contributed by atoms with E-state index in [0.29, 0.717) is 37.0 Å². The van der Waals surface area contributed by atoms with Crippen LogP contribution in [-0.4, -0.2) is 43.0 Å². The zero-order chi connectivity index (χ0) is 21.5. The number of sulfonamides is 1. The van der Waals surface area contributed by atoms with Crippen molar-refractivity contribution < 1.29 is 30.7 Å². The second-order valence-corrected chi connectivity index (χ2v) is 8.84. The molecule has 1 aromatic heterocycles. The first kappa shape index (κ1) is 20.6. The molecule has 0 bridgehead atoms. The number of rotatable bonds is 3. The van der Waals surface area contributed by atoms with E-state index in [1.807, 2.05) is 4.90 Å². The Labute approximate surface area is 170 Å². The molecule has 1 fully saturated rings. The fourth-order valence-electron chi connectivity index (χ4n) is 3.60. The fraction of sp³-hybridized carbons (Fsp3) is 0.368. The number of ether oxygens (including phenoxy) is 1. The summed E-state index contributed by atoms with van der Waals surface area (Å²) in [5.74, 6) is -1.49. The molecule has 2 aliphatic rings. The number of nitrogens with zero attached hydrogens (tertiary/aromatic N) is 3. The Hall–Kier alpha value is -2.69. The molecule has 2 aromatic rings. The Morgan fingerprint density at radius 3 is 2.67 bits per heavy atom. The minimum absolute atomic E-state index is 0.0473. The van der Waals surface area contributed by atoms with Crippen molar-refractivity contribution in [2.75, 3.05) is 18.8 Å². The van der Waals surface area contributed by atoms with Gasteiger partial charge in [0, 0.05) is 31.3 Å². The van der Waals surface area contributed by atoms with Crippen molar-refractivity contribution in [2.45, 2.75) is 24.9 Å². The largest absolute Gasteiger partial charge is 0.436 e. The predicted molar refractivity (Wildman–Crippen MR) is 100 cm³/mol. The molecular formula is C19H17F4N3O3S. The monoisotopic (exact) mass is 443 g/mol. The molecule has 0 amide bonds. The van der Waals surface area contributed by atoms with Crippen LogP contribution in [0.1, 0.15) is 29.9 Å². The number of aromatic nitrogens is 1. The van der Waals surface area contributed by atoms with Gasteiger partial charge in [0.1, 0.15) is 5.84 Å². The van der Waals surface area contributed by atoms with Gasteiger partial charge in [0.2, 0.25) is 5.88 Å². The van der Waals surface area contributed by atoms with Crippen molar-refractivity contribution in [3.8, 4) is 11.6 Å². The number of benzene rings is 1. The molecule has 2 aliphatic heterocycles. The third kappa shape index (κ3) is 4.25. The molecular weight excluding hydrogens is 426 g/mol. The van der Waals surface area contributed by atoms with Gasteiger partial charge in [-0.3, -0.25) is 0 Å². The summed E-state index contributed by atoms with van der Waals surface area (Å²) in [5.41, 5.74) is -0.430. The average molecular weight is 443 g/mol. The summed E-state index contributed by atoms with van der Waals surface area (Å²) in [7, 11) is -3.54. The smallest absolute Gasteiger partial charge is 0.416 e. The highest BCUT2D eigenvalue weighted by molar-refractivity contribution is 7.90. The van der Waals surface area contributed by atoms with E-state index < -0.39 is 27.6 Å². The lowest BCUT2D eigenvalue weighted by atomic mass is 9.89. The van der Waals surface area contributed by atoms with Crippen molar-refractivity contribution in [1.82, 2.24) is 9.88 Å².